The number of likely N-dealkylation sites (tertiary alicyclic amines) is 1. The predicted octanol–water partition coefficient (Wildman–Crippen LogP) is 1.92. The standard InChI is InChI=1S/C15H28N2O4/c1-14(2,3)17(10-6-12(18)19)13(20)16-9-5-7-15(4,21)8-11-16/h21H,5-11H2,1-4H3,(H,18,19). The van der Waals surface area contributed by atoms with Crippen LogP contribution in [0.5, 0.6) is 0 Å². The fraction of sp³-hybridized carbons (Fsp3) is 0.867. The number of urea groups is 1. The van der Waals surface area contributed by atoms with E-state index < -0.39 is 17.1 Å². The van der Waals surface area contributed by atoms with Gasteiger partial charge in [-0.1, -0.05) is 0 Å². The third-order valence-electron chi connectivity index (χ3n) is 3.92. The summed E-state index contributed by atoms with van der Waals surface area (Å²) >= 11 is 0. The molecule has 1 aliphatic rings. The molecule has 1 unspecified atom stereocenters. The van der Waals surface area contributed by atoms with Crippen molar-refractivity contribution in [3.05, 3.63) is 0 Å². The van der Waals surface area contributed by atoms with Gasteiger partial charge in [0.2, 0.25) is 0 Å². The second-order valence-corrected chi connectivity index (χ2v) is 7.09. The summed E-state index contributed by atoms with van der Waals surface area (Å²) in [6, 6.07) is -0.138. The number of amides is 2. The minimum Gasteiger partial charge on any atom is -0.481 e. The summed E-state index contributed by atoms with van der Waals surface area (Å²) in [5.41, 5.74) is -1.15. The highest BCUT2D eigenvalue weighted by Crippen LogP contribution is 2.24. The third kappa shape index (κ3) is 5.53. The van der Waals surface area contributed by atoms with Crippen LogP contribution in [-0.2, 0) is 4.79 Å². The quantitative estimate of drug-likeness (QED) is 0.834. The molecular formula is C15H28N2O4. The molecule has 0 spiro atoms. The van der Waals surface area contributed by atoms with Crippen LogP contribution in [0.2, 0.25) is 0 Å². The number of aliphatic carboxylic acids is 1. The summed E-state index contributed by atoms with van der Waals surface area (Å²) in [6.07, 6.45) is 1.93. The van der Waals surface area contributed by atoms with Gasteiger partial charge in [0.25, 0.3) is 0 Å². The van der Waals surface area contributed by atoms with Crippen molar-refractivity contribution in [3.8, 4) is 0 Å². The molecule has 0 aliphatic carbocycles. The highest BCUT2D eigenvalue weighted by Gasteiger charge is 2.33. The Morgan fingerprint density at radius 1 is 1.24 bits per heavy atom. The van der Waals surface area contributed by atoms with E-state index in [0.29, 0.717) is 25.9 Å². The zero-order valence-corrected chi connectivity index (χ0v) is 13.6. The molecule has 2 amide bonds. The van der Waals surface area contributed by atoms with E-state index in [0.717, 1.165) is 6.42 Å². The smallest absolute Gasteiger partial charge is 0.320 e. The number of carboxylic acid groups (broad SMARTS) is 1. The molecule has 21 heavy (non-hydrogen) atoms. The second kappa shape index (κ2) is 6.64. The number of hydrogen-bond acceptors (Lipinski definition) is 3. The minimum atomic E-state index is -0.907. The Hall–Kier alpha value is -1.30. The van der Waals surface area contributed by atoms with Crippen LogP contribution in [0.25, 0.3) is 0 Å². The van der Waals surface area contributed by atoms with Crippen molar-refractivity contribution >= 4 is 12.0 Å². The normalized spacial score (nSPS) is 23.6. The first-order valence-corrected chi connectivity index (χ1v) is 7.54. The summed E-state index contributed by atoms with van der Waals surface area (Å²) in [6.45, 7) is 8.82. The number of hydrogen-bond donors (Lipinski definition) is 2. The van der Waals surface area contributed by atoms with E-state index in [1.165, 1.54) is 0 Å². The van der Waals surface area contributed by atoms with E-state index in [9.17, 15) is 14.7 Å². The summed E-state index contributed by atoms with van der Waals surface area (Å²) in [4.78, 5) is 26.8. The van der Waals surface area contributed by atoms with Gasteiger partial charge in [0, 0.05) is 25.2 Å². The first-order valence-electron chi connectivity index (χ1n) is 7.54. The second-order valence-electron chi connectivity index (χ2n) is 7.09. The Labute approximate surface area is 126 Å². The van der Waals surface area contributed by atoms with Gasteiger partial charge in [0.15, 0.2) is 0 Å². The molecule has 0 aromatic carbocycles. The van der Waals surface area contributed by atoms with Gasteiger partial charge in [-0.25, -0.2) is 4.79 Å². The molecule has 1 heterocycles. The number of nitrogens with zero attached hydrogens (tertiary/aromatic N) is 2. The van der Waals surface area contributed by atoms with E-state index in [2.05, 4.69) is 0 Å². The van der Waals surface area contributed by atoms with Crippen LogP contribution in [0.4, 0.5) is 4.79 Å². The lowest BCUT2D eigenvalue weighted by Crippen LogP contribution is -2.52. The summed E-state index contributed by atoms with van der Waals surface area (Å²) < 4.78 is 0. The van der Waals surface area contributed by atoms with E-state index in [1.54, 1.807) is 16.7 Å². The third-order valence-corrected chi connectivity index (χ3v) is 3.92. The van der Waals surface area contributed by atoms with Gasteiger partial charge in [0.1, 0.15) is 0 Å². The lowest BCUT2D eigenvalue weighted by Gasteiger charge is -2.39. The molecule has 1 rings (SSSR count). The SMILES string of the molecule is CC1(O)CCCN(C(=O)N(CCC(=O)O)C(C)(C)C)CC1. The van der Waals surface area contributed by atoms with Gasteiger partial charge < -0.3 is 20.0 Å². The van der Waals surface area contributed by atoms with Crippen LogP contribution in [0.15, 0.2) is 0 Å². The fourth-order valence-corrected chi connectivity index (χ4v) is 2.55. The van der Waals surface area contributed by atoms with Crippen molar-refractivity contribution < 1.29 is 19.8 Å². The van der Waals surface area contributed by atoms with Crippen LogP contribution in [0.1, 0.15) is 53.4 Å². The molecule has 0 aromatic heterocycles. The molecule has 122 valence electrons. The first-order chi connectivity index (χ1) is 9.53. The Bertz CT molecular complexity index is 388. The van der Waals surface area contributed by atoms with Crippen LogP contribution in [0, 0.1) is 0 Å². The number of carbonyl (C=O) groups is 2. The largest absolute Gasteiger partial charge is 0.481 e. The van der Waals surface area contributed by atoms with Gasteiger partial charge in [-0.15, -0.1) is 0 Å². The van der Waals surface area contributed by atoms with Gasteiger partial charge in [-0.2, -0.15) is 0 Å². The zero-order valence-electron chi connectivity index (χ0n) is 13.6. The zero-order chi connectivity index (χ0) is 16.3. The molecule has 0 aromatic rings. The summed E-state index contributed by atoms with van der Waals surface area (Å²) in [5.74, 6) is -0.907. The Morgan fingerprint density at radius 3 is 2.38 bits per heavy atom. The lowest BCUT2D eigenvalue weighted by molar-refractivity contribution is -0.137. The molecule has 0 bridgehead atoms. The molecule has 1 fully saturated rings. The van der Waals surface area contributed by atoms with Crippen LogP contribution >= 0.6 is 0 Å². The van der Waals surface area contributed by atoms with Crippen molar-refractivity contribution in [3.63, 3.8) is 0 Å². The van der Waals surface area contributed by atoms with Crippen LogP contribution in [-0.4, -0.2) is 62.8 Å². The van der Waals surface area contributed by atoms with E-state index in [1.807, 2.05) is 20.8 Å². The Morgan fingerprint density at radius 2 is 1.86 bits per heavy atom. The van der Waals surface area contributed by atoms with Gasteiger partial charge >= 0.3 is 12.0 Å². The fourth-order valence-electron chi connectivity index (χ4n) is 2.55. The highest BCUT2D eigenvalue weighted by atomic mass is 16.4. The topological polar surface area (TPSA) is 81.1 Å². The average molecular weight is 300 g/mol. The molecule has 2 N–H and O–H groups in total. The number of carbonyl (C=O) groups excluding carboxylic acids is 1. The maximum absolute atomic E-state index is 12.7. The molecule has 1 atom stereocenters. The van der Waals surface area contributed by atoms with Crippen molar-refractivity contribution in [1.82, 2.24) is 9.80 Å². The minimum absolute atomic E-state index is 0.0609. The molecule has 1 saturated heterocycles. The average Bonchev–Trinajstić information content (AvgIpc) is 2.48. The molecular weight excluding hydrogens is 272 g/mol. The maximum Gasteiger partial charge on any atom is 0.320 e. The molecule has 0 radical (unpaired) electrons. The summed E-state index contributed by atoms with van der Waals surface area (Å²) in [7, 11) is 0. The summed E-state index contributed by atoms with van der Waals surface area (Å²) in [5, 5.41) is 18.9. The van der Waals surface area contributed by atoms with Crippen molar-refractivity contribution in [2.45, 2.75) is 64.5 Å². The lowest BCUT2D eigenvalue weighted by atomic mass is 9.98. The number of rotatable bonds is 3. The molecule has 6 heteroatoms. The van der Waals surface area contributed by atoms with Gasteiger partial charge in [-0.05, 0) is 47.0 Å². The highest BCUT2D eigenvalue weighted by molar-refractivity contribution is 5.76. The van der Waals surface area contributed by atoms with E-state index >= 15 is 0 Å². The Kier molecular flexibility index (Phi) is 5.61. The van der Waals surface area contributed by atoms with Crippen LogP contribution in [0.3, 0.4) is 0 Å². The van der Waals surface area contributed by atoms with Gasteiger partial charge in [0.05, 0.1) is 12.0 Å². The van der Waals surface area contributed by atoms with E-state index in [-0.39, 0.29) is 19.0 Å². The Balaban J connectivity index is 2.77. The van der Waals surface area contributed by atoms with E-state index in [4.69, 9.17) is 5.11 Å². The molecule has 6 nitrogen and oxygen atoms in total. The monoisotopic (exact) mass is 300 g/mol. The van der Waals surface area contributed by atoms with Crippen molar-refractivity contribution in [2.75, 3.05) is 19.6 Å². The molecule has 1 aliphatic heterocycles. The predicted molar refractivity (Wildman–Crippen MR) is 80.2 cm³/mol. The van der Waals surface area contributed by atoms with Crippen molar-refractivity contribution in [1.29, 1.82) is 0 Å². The number of aliphatic hydroxyl groups is 1. The molecule has 0 saturated carbocycles. The first kappa shape index (κ1) is 17.8. The number of carboxylic acids is 1. The van der Waals surface area contributed by atoms with Gasteiger partial charge in [-0.3, -0.25) is 4.79 Å². The maximum atomic E-state index is 12.7. The van der Waals surface area contributed by atoms with Crippen molar-refractivity contribution in [2.24, 2.45) is 0 Å². The van der Waals surface area contributed by atoms with Crippen LogP contribution < -0.4 is 0 Å².